The van der Waals surface area contributed by atoms with Crippen molar-refractivity contribution in [3.8, 4) is 0 Å². The third kappa shape index (κ3) is 1.39. The third-order valence-electron chi connectivity index (χ3n) is 3.00. The largest absolute Gasteiger partial charge is 0.361 e. The number of amides is 1. The zero-order valence-electron chi connectivity index (χ0n) is 8.81. The summed E-state index contributed by atoms with van der Waals surface area (Å²) in [7, 11) is 0. The van der Waals surface area contributed by atoms with E-state index in [9.17, 15) is 4.79 Å². The van der Waals surface area contributed by atoms with Crippen molar-refractivity contribution in [2.75, 3.05) is 13.1 Å². The summed E-state index contributed by atoms with van der Waals surface area (Å²) in [5.74, 6) is 0.0739. The first-order chi connectivity index (χ1) is 7.74. The minimum atomic E-state index is 0.0739. The molecule has 3 rings (SSSR count). The second-order valence-corrected chi connectivity index (χ2v) is 4.25. The third-order valence-corrected chi connectivity index (χ3v) is 3.00. The number of benzene rings is 1. The number of nitrogens with two attached hydrogens (primary N) is 1. The summed E-state index contributed by atoms with van der Waals surface area (Å²) in [6, 6.07) is 7.82. The Morgan fingerprint density at radius 3 is 2.94 bits per heavy atom. The Labute approximate surface area is 93.0 Å². The van der Waals surface area contributed by atoms with Crippen molar-refractivity contribution in [1.29, 1.82) is 0 Å². The van der Waals surface area contributed by atoms with Crippen LogP contribution >= 0.6 is 0 Å². The van der Waals surface area contributed by atoms with Crippen LogP contribution in [0.3, 0.4) is 0 Å². The van der Waals surface area contributed by atoms with Gasteiger partial charge in [0.15, 0.2) is 0 Å². The standard InChI is InChI=1S/C12H13N3O/c13-10-6-15(7-10)12(16)9-1-2-11-8(5-9)3-4-14-11/h1-5,10,14H,6-7,13H2. The van der Waals surface area contributed by atoms with Gasteiger partial charge < -0.3 is 15.6 Å². The van der Waals surface area contributed by atoms with Crippen molar-refractivity contribution in [1.82, 2.24) is 9.88 Å². The van der Waals surface area contributed by atoms with Crippen LogP contribution in [0.5, 0.6) is 0 Å². The van der Waals surface area contributed by atoms with Crippen LogP contribution in [0.4, 0.5) is 0 Å². The highest BCUT2D eigenvalue weighted by Gasteiger charge is 2.28. The normalized spacial score (nSPS) is 16.4. The van der Waals surface area contributed by atoms with Crippen molar-refractivity contribution in [2.45, 2.75) is 6.04 Å². The molecule has 1 aliphatic heterocycles. The molecule has 0 aliphatic carbocycles. The Kier molecular flexibility index (Phi) is 1.97. The number of rotatable bonds is 1. The summed E-state index contributed by atoms with van der Waals surface area (Å²) in [5, 5.41) is 1.07. The summed E-state index contributed by atoms with van der Waals surface area (Å²) < 4.78 is 0. The number of hydrogen-bond acceptors (Lipinski definition) is 2. The van der Waals surface area contributed by atoms with Gasteiger partial charge in [-0.05, 0) is 24.3 Å². The number of nitrogens with zero attached hydrogens (tertiary/aromatic N) is 1. The van der Waals surface area contributed by atoms with Gasteiger partial charge in [-0.15, -0.1) is 0 Å². The zero-order valence-corrected chi connectivity index (χ0v) is 8.81. The van der Waals surface area contributed by atoms with E-state index in [2.05, 4.69) is 4.98 Å². The molecule has 1 saturated heterocycles. The van der Waals surface area contributed by atoms with Crippen LogP contribution in [-0.4, -0.2) is 34.9 Å². The van der Waals surface area contributed by atoms with Gasteiger partial charge in [0.05, 0.1) is 0 Å². The van der Waals surface area contributed by atoms with E-state index in [1.54, 1.807) is 4.90 Å². The number of aromatic amines is 1. The number of carbonyl (C=O) groups excluding carboxylic acids is 1. The highest BCUT2D eigenvalue weighted by atomic mass is 16.2. The molecule has 2 heterocycles. The molecular weight excluding hydrogens is 202 g/mol. The Bertz CT molecular complexity index is 540. The van der Waals surface area contributed by atoms with Crippen LogP contribution in [0.1, 0.15) is 10.4 Å². The molecule has 1 aromatic heterocycles. The molecule has 2 aromatic rings. The van der Waals surface area contributed by atoms with E-state index in [1.807, 2.05) is 30.5 Å². The summed E-state index contributed by atoms with van der Waals surface area (Å²) in [6.45, 7) is 1.34. The maximum absolute atomic E-state index is 12.0. The summed E-state index contributed by atoms with van der Waals surface area (Å²) in [4.78, 5) is 16.9. The molecule has 1 aromatic carbocycles. The van der Waals surface area contributed by atoms with Crippen LogP contribution in [0.25, 0.3) is 10.9 Å². The van der Waals surface area contributed by atoms with Gasteiger partial charge in [-0.3, -0.25) is 4.79 Å². The molecule has 0 spiro atoms. The summed E-state index contributed by atoms with van der Waals surface area (Å²) in [5.41, 5.74) is 7.45. The number of fused-ring (bicyclic) bond motifs is 1. The first kappa shape index (κ1) is 9.42. The summed E-state index contributed by atoms with van der Waals surface area (Å²) in [6.07, 6.45) is 1.87. The van der Waals surface area contributed by atoms with Gasteiger partial charge in [0, 0.05) is 41.8 Å². The minimum Gasteiger partial charge on any atom is -0.361 e. The smallest absolute Gasteiger partial charge is 0.253 e. The lowest BCUT2D eigenvalue weighted by atomic mass is 10.1. The Morgan fingerprint density at radius 1 is 1.38 bits per heavy atom. The van der Waals surface area contributed by atoms with Crippen molar-refractivity contribution in [3.05, 3.63) is 36.0 Å². The maximum atomic E-state index is 12.0. The SMILES string of the molecule is NC1CN(C(=O)c2ccc3[nH]ccc3c2)C1. The second kappa shape index (κ2) is 3.35. The highest BCUT2D eigenvalue weighted by Crippen LogP contribution is 2.17. The molecule has 4 heteroatoms. The predicted molar refractivity (Wildman–Crippen MR) is 62.2 cm³/mol. The average molecular weight is 215 g/mol. The van der Waals surface area contributed by atoms with Crippen LogP contribution in [0.15, 0.2) is 30.5 Å². The van der Waals surface area contributed by atoms with Crippen LogP contribution in [0.2, 0.25) is 0 Å². The van der Waals surface area contributed by atoms with E-state index < -0.39 is 0 Å². The fraction of sp³-hybridized carbons (Fsp3) is 0.250. The number of H-pyrrole nitrogens is 1. The summed E-state index contributed by atoms with van der Waals surface area (Å²) >= 11 is 0. The van der Waals surface area contributed by atoms with Crippen LogP contribution in [-0.2, 0) is 0 Å². The molecule has 1 fully saturated rings. The van der Waals surface area contributed by atoms with E-state index in [4.69, 9.17) is 5.73 Å². The van der Waals surface area contributed by atoms with Crippen molar-refractivity contribution >= 4 is 16.8 Å². The molecule has 1 aliphatic rings. The minimum absolute atomic E-state index is 0.0739. The fourth-order valence-corrected chi connectivity index (χ4v) is 2.05. The van der Waals surface area contributed by atoms with Crippen molar-refractivity contribution < 1.29 is 4.79 Å². The van der Waals surface area contributed by atoms with Gasteiger partial charge in [-0.1, -0.05) is 0 Å². The topological polar surface area (TPSA) is 62.1 Å². The number of likely N-dealkylation sites (tertiary alicyclic amines) is 1. The number of nitrogens with one attached hydrogen (secondary N) is 1. The Hall–Kier alpha value is -1.81. The van der Waals surface area contributed by atoms with Crippen molar-refractivity contribution in [3.63, 3.8) is 0 Å². The Morgan fingerprint density at radius 2 is 2.19 bits per heavy atom. The molecule has 3 N–H and O–H groups in total. The lowest BCUT2D eigenvalue weighted by Crippen LogP contribution is -2.57. The lowest BCUT2D eigenvalue weighted by molar-refractivity contribution is 0.0608. The van der Waals surface area contributed by atoms with Gasteiger partial charge in [0.1, 0.15) is 0 Å². The van der Waals surface area contributed by atoms with Gasteiger partial charge in [0.2, 0.25) is 0 Å². The maximum Gasteiger partial charge on any atom is 0.253 e. The molecule has 4 nitrogen and oxygen atoms in total. The first-order valence-corrected chi connectivity index (χ1v) is 5.36. The van der Waals surface area contributed by atoms with E-state index in [0.29, 0.717) is 13.1 Å². The molecule has 1 amide bonds. The van der Waals surface area contributed by atoms with Crippen molar-refractivity contribution in [2.24, 2.45) is 5.73 Å². The molecule has 0 radical (unpaired) electrons. The molecule has 0 atom stereocenters. The molecule has 82 valence electrons. The fourth-order valence-electron chi connectivity index (χ4n) is 2.05. The quantitative estimate of drug-likeness (QED) is 0.744. The number of aromatic nitrogens is 1. The Balaban J connectivity index is 1.90. The van der Waals surface area contributed by atoms with Gasteiger partial charge >= 0.3 is 0 Å². The van der Waals surface area contributed by atoms with Crippen LogP contribution < -0.4 is 5.73 Å². The molecular formula is C12H13N3O. The second-order valence-electron chi connectivity index (χ2n) is 4.25. The zero-order chi connectivity index (χ0) is 11.1. The van der Waals surface area contributed by atoms with Crippen LogP contribution in [0, 0.1) is 0 Å². The first-order valence-electron chi connectivity index (χ1n) is 5.36. The number of carbonyl (C=O) groups is 1. The molecule has 0 unspecified atom stereocenters. The predicted octanol–water partition coefficient (Wildman–Crippen LogP) is 0.951. The average Bonchev–Trinajstić information content (AvgIpc) is 2.70. The number of hydrogen-bond donors (Lipinski definition) is 2. The van der Waals surface area contributed by atoms with E-state index >= 15 is 0 Å². The molecule has 0 bridgehead atoms. The monoisotopic (exact) mass is 215 g/mol. The molecule has 0 saturated carbocycles. The van der Waals surface area contributed by atoms with E-state index in [-0.39, 0.29) is 11.9 Å². The van der Waals surface area contributed by atoms with E-state index in [1.165, 1.54) is 0 Å². The highest BCUT2D eigenvalue weighted by molar-refractivity contribution is 5.98. The van der Waals surface area contributed by atoms with E-state index in [0.717, 1.165) is 16.5 Å². The van der Waals surface area contributed by atoms with Gasteiger partial charge in [-0.2, -0.15) is 0 Å². The van der Waals surface area contributed by atoms with Gasteiger partial charge in [-0.25, -0.2) is 0 Å². The van der Waals surface area contributed by atoms with Gasteiger partial charge in [0.25, 0.3) is 5.91 Å². The lowest BCUT2D eigenvalue weighted by Gasteiger charge is -2.36. The molecule has 16 heavy (non-hydrogen) atoms.